The first-order chi connectivity index (χ1) is 14.8. The lowest BCUT2D eigenvalue weighted by atomic mass is 9.89. The minimum atomic E-state index is -0.486. The predicted molar refractivity (Wildman–Crippen MR) is 120 cm³/mol. The molecule has 166 valence electrons. The number of hydrogen-bond donors (Lipinski definition) is 1. The molecule has 8 heteroatoms. The molecule has 4 rings (SSSR count). The van der Waals surface area contributed by atoms with E-state index in [9.17, 15) is 4.79 Å². The fourth-order valence-corrected chi connectivity index (χ4v) is 3.98. The summed E-state index contributed by atoms with van der Waals surface area (Å²) in [7, 11) is 0. The molecule has 2 fully saturated rings. The lowest BCUT2D eigenvalue weighted by Gasteiger charge is -2.47. The van der Waals surface area contributed by atoms with Gasteiger partial charge >= 0.3 is 6.09 Å². The normalized spacial score (nSPS) is 18.7. The highest BCUT2D eigenvalue weighted by Gasteiger charge is 2.42. The third kappa shape index (κ3) is 5.44. The van der Waals surface area contributed by atoms with Crippen LogP contribution >= 0.6 is 0 Å². The van der Waals surface area contributed by atoms with Crippen LogP contribution in [0.5, 0.6) is 0 Å². The number of likely N-dealkylation sites (tertiary alicyclic amines) is 1. The molecular formula is C23H31N5O3. The summed E-state index contributed by atoms with van der Waals surface area (Å²) in [5.74, 6) is 1.45. The zero-order valence-corrected chi connectivity index (χ0v) is 18.5. The van der Waals surface area contributed by atoms with Crippen LogP contribution < -0.4 is 10.2 Å². The molecule has 0 aliphatic carbocycles. The summed E-state index contributed by atoms with van der Waals surface area (Å²) < 4.78 is 11.7. The Balaban J connectivity index is 1.39. The minimum absolute atomic E-state index is 0.252. The number of carbonyl (C=O) groups excluding carboxylic acids is 1. The highest BCUT2D eigenvalue weighted by atomic mass is 16.6. The van der Waals surface area contributed by atoms with Crippen LogP contribution in [-0.4, -0.2) is 64.9 Å². The SMILES string of the molecule is CC(C)(C)OC(=O)N1CCC2(CC1)CN(c1nccc(Nc3ccccc3)n1)CCO2. The number of nitrogens with zero attached hydrogens (tertiary/aromatic N) is 4. The average molecular weight is 426 g/mol. The molecule has 2 aromatic rings. The molecule has 2 aliphatic heterocycles. The third-order valence-corrected chi connectivity index (χ3v) is 5.55. The molecule has 0 bridgehead atoms. The number of piperidine rings is 1. The quantitative estimate of drug-likeness (QED) is 0.801. The van der Waals surface area contributed by atoms with Crippen molar-refractivity contribution in [3.63, 3.8) is 0 Å². The number of para-hydroxylation sites is 1. The number of ether oxygens (including phenoxy) is 2. The average Bonchev–Trinajstić information content (AvgIpc) is 2.74. The Labute approximate surface area is 183 Å². The van der Waals surface area contributed by atoms with Crippen molar-refractivity contribution in [2.75, 3.05) is 43.0 Å². The van der Waals surface area contributed by atoms with Gasteiger partial charge in [-0.25, -0.2) is 9.78 Å². The Kier molecular flexibility index (Phi) is 6.00. The van der Waals surface area contributed by atoms with E-state index in [4.69, 9.17) is 14.5 Å². The summed E-state index contributed by atoms with van der Waals surface area (Å²) in [4.78, 5) is 25.6. The monoisotopic (exact) mass is 425 g/mol. The van der Waals surface area contributed by atoms with Crippen LogP contribution in [0.1, 0.15) is 33.6 Å². The maximum atomic E-state index is 12.4. The minimum Gasteiger partial charge on any atom is -0.444 e. The van der Waals surface area contributed by atoms with Gasteiger partial charge in [-0.1, -0.05) is 18.2 Å². The predicted octanol–water partition coefficient (Wildman–Crippen LogP) is 3.83. The van der Waals surface area contributed by atoms with Crippen LogP contribution in [0.3, 0.4) is 0 Å². The largest absolute Gasteiger partial charge is 0.444 e. The van der Waals surface area contributed by atoms with Gasteiger partial charge in [-0.3, -0.25) is 0 Å². The van der Waals surface area contributed by atoms with E-state index in [1.165, 1.54) is 0 Å². The van der Waals surface area contributed by atoms with E-state index in [1.54, 1.807) is 11.1 Å². The van der Waals surface area contributed by atoms with Crippen LogP contribution in [0.4, 0.5) is 22.2 Å². The van der Waals surface area contributed by atoms with Crippen LogP contribution in [0, 0.1) is 0 Å². The first kappa shape index (κ1) is 21.4. The summed E-state index contributed by atoms with van der Waals surface area (Å²) in [6.45, 7) is 8.98. The molecule has 2 saturated heterocycles. The molecular weight excluding hydrogens is 394 g/mol. The number of hydrogen-bond acceptors (Lipinski definition) is 7. The van der Waals surface area contributed by atoms with E-state index in [-0.39, 0.29) is 11.7 Å². The van der Waals surface area contributed by atoms with Gasteiger partial charge in [-0.15, -0.1) is 0 Å². The first-order valence-electron chi connectivity index (χ1n) is 10.8. The van der Waals surface area contributed by atoms with Crippen molar-refractivity contribution in [1.82, 2.24) is 14.9 Å². The maximum Gasteiger partial charge on any atom is 0.410 e. The first-order valence-corrected chi connectivity index (χ1v) is 10.8. The van der Waals surface area contributed by atoms with Gasteiger partial charge in [0.25, 0.3) is 0 Å². The lowest BCUT2D eigenvalue weighted by molar-refractivity contribution is -0.0915. The highest BCUT2D eigenvalue weighted by molar-refractivity contribution is 5.68. The van der Waals surface area contributed by atoms with Gasteiger partial charge in [-0.2, -0.15) is 4.98 Å². The number of anilines is 3. The summed E-state index contributed by atoms with van der Waals surface area (Å²) >= 11 is 0. The Morgan fingerprint density at radius 3 is 2.58 bits per heavy atom. The molecule has 2 aliphatic rings. The molecule has 31 heavy (non-hydrogen) atoms. The van der Waals surface area contributed by atoms with Crippen LogP contribution in [0.2, 0.25) is 0 Å². The molecule has 0 atom stereocenters. The molecule has 1 spiro atoms. The van der Waals surface area contributed by atoms with Gasteiger partial charge in [0.1, 0.15) is 11.4 Å². The molecule has 8 nitrogen and oxygen atoms in total. The summed E-state index contributed by atoms with van der Waals surface area (Å²) in [6, 6.07) is 11.8. The maximum absolute atomic E-state index is 12.4. The van der Waals surface area contributed by atoms with Crippen LogP contribution in [0.25, 0.3) is 0 Å². The fraction of sp³-hybridized carbons (Fsp3) is 0.522. The Morgan fingerprint density at radius 2 is 1.87 bits per heavy atom. The molecule has 1 aromatic heterocycles. The molecule has 0 unspecified atom stereocenters. The molecule has 3 heterocycles. The van der Waals surface area contributed by atoms with Gasteiger partial charge in [0.2, 0.25) is 5.95 Å². The Morgan fingerprint density at radius 1 is 1.13 bits per heavy atom. The molecule has 1 amide bonds. The third-order valence-electron chi connectivity index (χ3n) is 5.55. The topological polar surface area (TPSA) is 79.8 Å². The summed E-state index contributed by atoms with van der Waals surface area (Å²) in [5.41, 5.74) is 0.212. The van der Waals surface area contributed by atoms with Crippen LogP contribution in [0.15, 0.2) is 42.6 Å². The summed E-state index contributed by atoms with van der Waals surface area (Å²) in [5, 5.41) is 3.32. The van der Waals surface area contributed by atoms with Gasteiger partial charge in [-0.05, 0) is 51.8 Å². The smallest absolute Gasteiger partial charge is 0.410 e. The second kappa shape index (κ2) is 8.70. The highest BCUT2D eigenvalue weighted by Crippen LogP contribution is 2.32. The van der Waals surface area contributed by atoms with Crippen molar-refractivity contribution in [3.8, 4) is 0 Å². The molecule has 1 N–H and O–H groups in total. The number of benzene rings is 1. The van der Waals surface area contributed by atoms with Gasteiger partial charge in [0, 0.05) is 31.5 Å². The van der Waals surface area contributed by atoms with E-state index >= 15 is 0 Å². The molecule has 1 aromatic carbocycles. The van der Waals surface area contributed by atoms with E-state index in [0.717, 1.165) is 30.9 Å². The van der Waals surface area contributed by atoms with Crippen molar-refractivity contribution in [3.05, 3.63) is 42.6 Å². The Hall–Kier alpha value is -2.87. The second-order valence-corrected chi connectivity index (χ2v) is 9.15. The standard InChI is InChI=1S/C23H31N5O3/c1-22(2,3)31-21(29)27-13-10-23(11-14-27)17-28(15-16-30-23)20-24-12-9-19(26-20)25-18-7-5-4-6-8-18/h4-9,12H,10-11,13-17H2,1-3H3,(H,24,25,26). The number of aromatic nitrogens is 2. The van der Waals surface area contributed by atoms with Gasteiger partial charge in [0.15, 0.2) is 0 Å². The van der Waals surface area contributed by atoms with Crippen molar-refractivity contribution in [2.24, 2.45) is 0 Å². The number of nitrogens with one attached hydrogen (secondary N) is 1. The van der Waals surface area contributed by atoms with Crippen molar-refractivity contribution >= 4 is 23.5 Å². The zero-order valence-electron chi connectivity index (χ0n) is 18.5. The number of morpholine rings is 1. The second-order valence-electron chi connectivity index (χ2n) is 9.15. The molecule has 0 radical (unpaired) electrons. The van der Waals surface area contributed by atoms with Gasteiger partial charge in [0.05, 0.1) is 18.8 Å². The lowest BCUT2D eigenvalue weighted by Crippen LogP contribution is -2.58. The Bertz CT molecular complexity index is 892. The van der Waals surface area contributed by atoms with E-state index in [2.05, 4.69) is 15.2 Å². The number of carbonyl (C=O) groups is 1. The van der Waals surface area contributed by atoms with Crippen LogP contribution in [-0.2, 0) is 9.47 Å². The fourth-order valence-electron chi connectivity index (χ4n) is 3.98. The van der Waals surface area contributed by atoms with Crippen molar-refractivity contribution in [2.45, 2.75) is 44.8 Å². The van der Waals surface area contributed by atoms with E-state index in [0.29, 0.717) is 32.2 Å². The van der Waals surface area contributed by atoms with Crippen molar-refractivity contribution in [1.29, 1.82) is 0 Å². The van der Waals surface area contributed by atoms with E-state index < -0.39 is 5.60 Å². The zero-order chi connectivity index (χ0) is 21.9. The molecule has 0 saturated carbocycles. The summed E-state index contributed by atoms with van der Waals surface area (Å²) in [6.07, 6.45) is 3.06. The number of amides is 1. The van der Waals surface area contributed by atoms with Gasteiger partial charge < -0.3 is 24.6 Å². The van der Waals surface area contributed by atoms with E-state index in [1.807, 2.05) is 57.2 Å². The van der Waals surface area contributed by atoms with Crippen molar-refractivity contribution < 1.29 is 14.3 Å². The number of rotatable bonds is 3.